The van der Waals surface area contributed by atoms with Crippen molar-refractivity contribution >= 4 is 22.1 Å². The zero-order valence-corrected chi connectivity index (χ0v) is 20.2. The molecule has 2 saturated carbocycles. The topological polar surface area (TPSA) is 151 Å². The third-order valence-electron chi connectivity index (χ3n) is 6.81. The van der Waals surface area contributed by atoms with Crippen LogP contribution in [0.2, 0.25) is 0 Å². The summed E-state index contributed by atoms with van der Waals surface area (Å²) in [6, 6.07) is -2.10. The average Bonchev–Trinajstić information content (AvgIpc) is 2.74. The first kappa shape index (κ1) is 27.0. The quantitative estimate of drug-likeness (QED) is 0.258. The molecular formula is C22H42N4O5S. The van der Waals surface area contributed by atoms with Crippen LogP contribution in [0.1, 0.15) is 90.4 Å². The fourth-order valence-electron chi connectivity index (χ4n) is 4.81. The van der Waals surface area contributed by atoms with Crippen LogP contribution in [0.3, 0.4) is 0 Å². The van der Waals surface area contributed by atoms with Gasteiger partial charge in [-0.05, 0) is 63.3 Å². The van der Waals surface area contributed by atoms with Crippen molar-refractivity contribution in [2.75, 3.05) is 6.54 Å². The molecule has 0 unspecified atom stereocenters. The number of nitrogens with two attached hydrogens (primary N) is 1. The molecule has 2 aliphatic carbocycles. The van der Waals surface area contributed by atoms with E-state index in [-0.39, 0.29) is 24.3 Å². The highest BCUT2D eigenvalue weighted by molar-refractivity contribution is 7.87. The van der Waals surface area contributed by atoms with E-state index in [1.807, 2.05) is 0 Å². The smallest absolute Gasteiger partial charge is 0.321 e. The van der Waals surface area contributed by atoms with Gasteiger partial charge in [0.25, 0.3) is 10.2 Å². The molecule has 6 N–H and O–H groups in total. The van der Waals surface area contributed by atoms with Crippen molar-refractivity contribution in [3.05, 3.63) is 0 Å². The number of unbranched alkanes of at least 4 members (excludes halogenated alkanes) is 1. The predicted octanol–water partition coefficient (Wildman–Crippen LogP) is 2.03. The third-order valence-corrected chi connectivity index (χ3v) is 8.00. The lowest BCUT2D eigenvalue weighted by atomic mass is 9.84. The molecule has 0 spiro atoms. The van der Waals surface area contributed by atoms with Crippen LogP contribution >= 0.6 is 0 Å². The lowest BCUT2D eigenvalue weighted by molar-refractivity contribution is -0.139. The van der Waals surface area contributed by atoms with Crippen molar-refractivity contribution < 1.29 is 23.1 Å². The van der Waals surface area contributed by atoms with Crippen molar-refractivity contribution in [3.8, 4) is 0 Å². The zero-order valence-electron chi connectivity index (χ0n) is 19.4. The molecule has 0 aromatic rings. The van der Waals surface area contributed by atoms with Crippen molar-refractivity contribution in [1.29, 1.82) is 0 Å². The second-order valence-corrected chi connectivity index (χ2v) is 11.2. The minimum Gasteiger partial charge on any atom is -0.480 e. The Balaban J connectivity index is 2.03. The summed E-state index contributed by atoms with van der Waals surface area (Å²) >= 11 is 0. The average molecular weight is 475 g/mol. The summed E-state index contributed by atoms with van der Waals surface area (Å²) in [6.07, 6.45) is 10.9. The fourth-order valence-corrected chi connectivity index (χ4v) is 6.04. The maximum absolute atomic E-state index is 13.1. The lowest BCUT2D eigenvalue weighted by Gasteiger charge is -2.31. The molecule has 0 radical (unpaired) electrons. The summed E-state index contributed by atoms with van der Waals surface area (Å²) in [5, 5.41) is 12.5. The van der Waals surface area contributed by atoms with Gasteiger partial charge in [0.15, 0.2) is 0 Å². The summed E-state index contributed by atoms with van der Waals surface area (Å²) in [5.41, 5.74) is 5.45. The molecule has 2 rings (SSSR count). The van der Waals surface area contributed by atoms with Gasteiger partial charge in [0.1, 0.15) is 12.1 Å². The maximum Gasteiger partial charge on any atom is 0.321 e. The van der Waals surface area contributed by atoms with Crippen LogP contribution in [0.4, 0.5) is 0 Å². The number of rotatable bonds is 13. The van der Waals surface area contributed by atoms with E-state index in [4.69, 9.17) is 5.73 Å². The van der Waals surface area contributed by atoms with Crippen LogP contribution < -0.4 is 20.5 Å². The number of carboxylic acid groups (broad SMARTS) is 1. The first-order valence-corrected chi connectivity index (χ1v) is 13.7. The third kappa shape index (κ3) is 9.72. The molecule has 9 nitrogen and oxygen atoms in total. The Morgan fingerprint density at radius 1 is 0.969 bits per heavy atom. The molecule has 0 heterocycles. The molecular weight excluding hydrogens is 432 g/mol. The highest BCUT2D eigenvalue weighted by atomic mass is 32.2. The number of hydrogen-bond donors (Lipinski definition) is 5. The van der Waals surface area contributed by atoms with Gasteiger partial charge in [0, 0.05) is 6.04 Å². The van der Waals surface area contributed by atoms with E-state index in [0.29, 0.717) is 31.7 Å². The van der Waals surface area contributed by atoms with E-state index >= 15 is 0 Å². The Morgan fingerprint density at radius 3 is 2.19 bits per heavy atom. The van der Waals surface area contributed by atoms with Crippen LogP contribution in [-0.4, -0.2) is 50.1 Å². The minimum atomic E-state index is -4.18. The number of carbonyl (C=O) groups excluding carboxylic acids is 1. The monoisotopic (exact) mass is 474 g/mol. The molecule has 2 atom stereocenters. The highest BCUT2D eigenvalue weighted by Gasteiger charge is 2.32. The van der Waals surface area contributed by atoms with Crippen LogP contribution in [0.15, 0.2) is 0 Å². The number of aliphatic carboxylic acids is 1. The van der Waals surface area contributed by atoms with Gasteiger partial charge in [-0.1, -0.05) is 45.4 Å². The van der Waals surface area contributed by atoms with Crippen molar-refractivity contribution in [2.24, 2.45) is 17.6 Å². The second-order valence-electron chi connectivity index (χ2n) is 9.67. The summed E-state index contributed by atoms with van der Waals surface area (Å²) in [7, 11) is -4.18. The molecule has 2 aliphatic rings. The summed E-state index contributed by atoms with van der Waals surface area (Å²) in [4.78, 5) is 24.6. The van der Waals surface area contributed by atoms with Gasteiger partial charge < -0.3 is 16.2 Å². The van der Waals surface area contributed by atoms with Gasteiger partial charge >= 0.3 is 5.97 Å². The fraction of sp³-hybridized carbons (Fsp3) is 0.909. The SMILES string of the molecule is CC1CCC(NC(=O)[C@@H](CC2CCCCC2)NS(=O)(=O)N[C@@H](CCCCN)C(=O)O)CC1. The van der Waals surface area contributed by atoms with Crippen LogP contribution in [0.25, 0.3) is 0 Å². The summed E-state index contributed by atoms with van der Waals surface area (Å²) < 4.78 is 30.3. The summed E-state index contributed by atoms with van der Waals surface area (Å²) in [6.45, 7) is 2.62. The molecule has 0 aliphatic heterocycles. The number of carboxylic acids is 1. The van der Waals surface area contributed by atoms with E-state index in [1.165, 1.54) is 6.42 Å². The Bertz CT molecular complexity index is 688. The van der Waals surface area contributed by atoms with Gasteiger partial charge in [0.05, 0.1) is 0 Å². The van der Waals surface area contributed by atoms with E-state index in [2.05, 4.69) is 21.7 Å². The Kier molecular flexibility index (Phi) is 11.4. The van der Waals surface area contributed by atoms with Gasteiger partial charge in [-0.3, -0.25) is 9.59 Å². The largest absolute Gasteiger partial charge is 0.480 e. The number of amides is 1. The Labute approximate surface area is 192 Å². The Morgan fingerprint density at radius 2 is 1.59 bits per heavy atom. The molecule has 32 heavy (non-hydrogen) atoms. The predicted molar refractivity (Wildman–Crippen MR) is 124 cm³/mol. The minimum absolute atomic E-state index is 0.0630. The van der Waals surface area contributed by atoms with E-state index < -0.39 is 28.3 Å². The molecule has 0 aromatic heterocycles. The molecule has 2 fully saturated rings. The highest BCUT2D eigenvalue weighted by Crippen LogP contribution is 2.28. The van der Waals surface area contributed by atoms with E-state index in [9.17, 15) is 23.1 Å². The standard InChI is InChI=1S/C22H42N4O5S/c1-16-10-12-18(13-11-16)24-21(27)20(15-17-7-3-2-4-8-17)26-32(30,31)25-19(22(28)29)9-5-6-14-23/h16-20,25-26H,2-15,23H2,1H3,(H,24,27)(H,28,29)/t16?,18?,19-,20+/m0/s1. The van der Waals surface area contributed by atoms with E-state index in [0.717, 1.165) is 51.4 Å². The van der Waals surface area contributed by atoms with Crippen molar-refractivity contribution in [3.63, 3.8) is 0 Å². The number of carbonyl (C=O) groups is 2. The maximum atomic E-state index is 13.1. The van der Waals surface area contributed by atoms with Crippen LogP contribution in [-0.2, 0) is 19.8 Å². The van der Waals surface area contributed by atoms with Crippen molar-refractivity contribution in [1.82, 2.24) is 14.8 Å². The van der Waals surface area contributed by atoms with Gasteiger partial charge in [-0.2, -0.15) is 17.9 Å². The van der Waals surface area contributed by atoms with Gasteiger partial charge in [-0.15, -0.1) is 0 Å². The molecule has 186 valence electrons. The molecule has 0 saturated heterocycles. The second kappa shape index (κ2) is 13.5. The summed E-state index contributed by atoms with van der Waals surface area (Å²) in [5.74, 6) is -0.614. The van der Waals surface area contributed by atoms with Gasteiger partial charge in [-0.25, -0.2) is 0 Å². The van der Waals surface area contributed by atoms with E-state index in [1.54, 1.807) is 0 Å². The van der Waals surface area contributed by atoms with Gasteiger partial charge in [0.2, 0.25) is 5.91 Å². The number of nitrogens with one attached hydrogen (secondary N) is 3. The normalized spacial score (nSPS) is 24.6. The van der Waals surface area contributed by atoms with Crippen LogP contribution in [0, 0.1) is 11.8 Å². The van der Waals surface area contributed by atoms with Crippen LogP contribution in [0.5, 0.6) is 0 Å². The molecule has 10 heteroatoms. The zero-order chi connectivity index (χ0) is 23.6. The lowest BCUT2D eigenvalue weighted by Crippen LogP contribution is -2.55. The molecule has 1 amide bonds. The van der Waals surface area contributed by atoms with Crippen molar-refractivity contribution in [2.45, 2.75) is 109 Å². The first-order chi connectivity index (χ1) is 15.2. The number of hydrogen-bond acceptors (Lipinski definition) is 5. The Hall–Kier alpha value is -1.23. The molecule has 0 bridgehead atoms. The molecule has 0 aromatic carbocycles. The first-order valence-electron chi connectivity index (χ1n) is 12.2.